The molecule has 0 atom stereocenters. The first-order chi connectivity index (χ1) is 16.3. The van der Waals surface area contributed by atoms with E-state index < -0.39 is 0 Å². The number of rotatable bonds is 2. The Labute approximate surface area is 194 Å². The van der Waals surface area contributed by atoms with Gasteiger partial charge < -0.3 is 9.47 Å². The molecular formula is C31H24N2. The smallest absolute Gasteiger partial charge is 0.0541 e. The maximum atomic E-state index is 4.37. The lowest BCUT2D eigenvalue weighted by Gasteiger charge is -2.28. The van der Waals surface area contributed by atoms with Crippen molar-refractivity contribution in [2.45, 2.75) is 6.42 Å². The zero-order chi connectivity index (χ0) is 22.2. The highest BCUT2D eigenvalue weighted by atomic mass is 15.1. The SMILES string of the molecule is C=C1/C=C\C=C/Cc2cc(-n3c4ccccc4c4ccccc43)ccc2N1c1ccccc1. The van der Waals surface area contributed by atoms with Crippen molar-refractivity contribution in [1.82, 2.24) is 4.57 Å². The van der Waals surface area contributed by atoms with E-state index in [0.717, 1.165) is 23.5 Å². The van der Waals surface area contributed by atoms with Crippen molar-refractivity contribution in [3.05, 3.63) is 139 Å². The van der Waals surface area contributed by atoms with Crippen LogP contribution in [0.25, 0.3) is 27.5 Å². The first kappa shape index (κ1) is 19.4. The molecule has 0 bridgehead atoms. The van der Waals surface area contributed by atoms with E-state index in [4.69, 9.17) is 0 Å². The number of para-hydroxylation sites is 3. The van der Waals surface area contributed by atoms with Crippen LogP contribution in [-0.4, -0.2) is 4.57 Å². The summed E-state index contributed by atoms with van der Waals surface area (Å²) in [6.07, 6.45) is 9.31. The van der Waals surface area contributed by atoms with Gasteiger partial charge in [-0.1, -0.05) is 79.4 Å². The number of hydrogen-bond acceptors (Lipinski definition) is 1. The number of aromatic nitrogens is 1. The van der Waals surface area contributed by atoms with E-state index in [0.29, 0.717) is 0 Å². The standard InChI is InChI=1S/C31H24N2/c1-23-12-4-2-5-13-24-22-26(20-21-29(24)32(23)25-14-6-3-7-15-25)33-30-18-10-8-16-27(30)28-17-9-11-19-31(28)33/h2-12,14-22H,1,13H2/b5-2-,12-4-. The van der Waals surface area contributed by atoms with Crippen molar-refractivity contribution in [2.75, 3.05) is 4.90 Å². The maximum Gasteiger partial charge on any atom is 0.0541 e. The Kier molecular flexibility index (Phi) is 4.70. The molecule has 4 aromatic carbocycles. The van der Waals surface area contributed by atoms with Crippen LogP contribution in [0.2, 0.25) is 0 Å². The number of hydrogen-bond donors (Lipinski definition) is 0. The Morgan fingerprint density at radius 1 is 0.636 bits per heavy atom. The Balaban J connectivity index is 1.59. The van der Waals surface area contributed by atoms with E-state index in [2.05, 4.69) is 131 Å². The molecular weight excluding hydrogens is 400 g/mol. The lowest BCUT2D eigenvalue weighted by atomic mass is 10.1. The maximum absolute atomic E-state index is 4.37. The molecule has 1 aliphatic rings. The topological polar surface area (TPSA) is 8.17 Å². The molecule has 0 N–H and O–H groups in total. The summed E-state index contributed by atoms with van der Waals surface area (Å²) in [4.78, 5) is 2.24. The van der Waals surface area contributed by atoms with Gasteiger partial charge in [0.15, 0.2) is 0 Å². The van der Waals surface area contributed by atoms with Crippen LogP contribution in [0.1, 0.15) is 5.56 Å². The summed E-state index contributed by atoms with van der Waals surface area (Å²) in [5, 5.41) is 2.56. The number of benzene rings is 4. The number of fused-ring (bicyclic) bond motifs is 4. The summed E-state index contributed by atoms with van der Waals surface area (Å²) in [6.45, 7) is 4.37. The molecule has 1 aliphatic heterocycles. The van der Waals surface area contributed by atoms with Gasteiger partial charge in [-0.25, -0.2) is 0 Å². The Morgan fingerprint density at radius 3 is 2.03 bits per heavy atom. The van der Waals surface area contributed by atoms with Crippen molar-refractivity contribution < 1.29 is 0 Å². The quantitative estimate of drug-likeness (QED) is 0.278. The normalized spacial score (nSPS) is 15.6. The van der Waals surface area contributed by atoms with Gasteiger partial charge in [0.1, 0.15) is 0 Å². The fourth-order valence-electron chi connectivity index (χ4n) is 4.84. The van der Waals surface area contributed by atoms with Gasteiger partial charge in [-0.15, -0.1) is 0 Å². The molecule has 5 aromatic rings. The molecule has 2 heterocycles. The van der Waals surface area contributed by atoms with E-state index >= 15 is 0 Å². The lowest BCUT2D eigenvalue weighted by Crippen LogP contribution is -2.16. The minimum absolute atomic E-state index is 0.848. The van der Waals surface area contributed by atoms with Crippen LogP contribution in [0.3, 0.4) is 0 Å². The van der Waals surface area contributed by atoms with E-state index in [1.165, 1.54) is 33.1 Å². The first-order valence-corrected chi connectivity index (χ1v) is 11.3. The summed E-state index contributed by atoms with van der Waals surface area (Å²) < 4.78 is 2.38. The zero-order valence-corrected chi connectivity index (χ0v) is 18.4. The highest BCUT2D eigenvalue weighted by Gasteiger charge is 2.18. The van der Waals surface area contributed by atoms with Gasteiger partial charge in [-0.3, -0.25) is 0 Å². The van der Waals surface area contributed by atoms with Gasteiger partial charge in [0.05, 0.1) is 11.0 Å². The van der Waals surface area contributed by atoms with Crippen LogP contribution in [0.15, 0.2) is 134 Å². The monoisotopic (exact) mass is 424 g/mol. The number of anilines is 2. The summed E-state index contributed by atoms with van der Waals surface area (Å²) in [6, 6.07) is 34.5. The largest absolute Gasteiger partial charge is 0.311 e. The molecule has 2 heteroatoms. The van der Waals surface area contributed by atoms with Gasteiger partial charge in [0, 0.05) is 33.5 Å². The van der Waals surface area contributed by atoms with Gasteiger partial charge in [-0.2, -0.15) is 0 Å². The van der Waals surface area contributed by atoms with Gasteiger partial charge in [-0.05, 0) is 60.5 Å². The molecule has 0 unspecified atom stereocenters. The van der Waals surface area contributed by atoms with Gasteiger partial charge in [0.2, 0.25) is 0 Å². The number of allylic oxidation sites excluding steroid dienone is 4. The van der Waals surface area contributed by atoms with Crippen molar-refractivity contribution in [2.24, 2.45) is 0 Å². The van der Waals surface area contributed by atoms with E-state index in [1.807, 2.05) is 6.07 Å². The summed E-state index contributed by atoms with van der Waals surface area (Å²) in [5.74, 6) is 0. The van der Waals surface area contributed by atoms with Crippen LogP contribution in [0.5, 0.6) is 0 Å². The van der Waals surface area contributed by atoms with Crippen molar-refractivity contribution in [3.8, 4) is 5.69 Å². The summed E-state index contributed by atoms with van der Waals surface area (Å²) in [7, 11) is 0. The van der Waals surface area contributed by atoms with Crippen LogP contribution >= 0.6 is 0 Å². The second kappa shape index (κ2) is 7.99. The molecule has 33 heavy (non-hydrogen) atoms. The highest BCUT2D eigenvalue weighted by Crippen LogP contribution is 2.37. The fraction of sp³-hybridized carbons (Fsp3) is 0.0323. The van der Waals surface area contributed by atoms with E-state index in [-0.39, 0.29) is 0 Å². The van der Waals surface area contributed by atoms with Crippen LogP contribution < -0.4 is 4.90 Å². The summed E-state index contributed by atoms with van der Waals surface area (Å²) >= 11 is 0. The minimum Gasteiger partial charge on any atom is -0.311 e. The van der Waals surface area contributed by atoms with Gasteiger partial charge >= 0.3 is 0 Å². The fourth-order valence-corrected chi connectivity index (χ4v) is 4.84. The number of nitrogens with zero attached hydrogens (tertiary/aromatic N) is 2. The predicted octanol–water partition coefficient (Wildman–Crippen LogP) is 8.10. The molecule has 0 spiro atoms. The lowest BCUT2D eigenvalue weighted by molar-refractivity contribution is 1.12. The highest BCUT2D eigenvalue weighted by molar-refractivity contribution is 6.09. The Bertz CT molecular complexity index is 1500. The second-order valence-electron chi connectivity index (χ2n) is 8.34. The van der Waals surface area contributed by atoms with E-state index in [1.54, 1.807) is 0 Å². The molecule has 6 rings (SSSR count). The molecule has 0 aliphatic carbocycles. The molecule has 2 nitrogen and oxygen atoms in total. The van der Waals surface area contributed by atoms with Crippen molar-refractivity contribution in [1.29, 1.82) is 0 Å². The van der Waals surface area contributed by atoms with Crippen LogP contribution in [-0.2, 0) is 6.42 Å². The molecule has 0 amide bonds. The molecule has 0 fully saturated rings. The predicted molar refractivity (Wildman–Crippen MR) is 140 cm³/mol. The average Bonchev–Trinajstić information content (AvgIpc) is 3.22. The van der Waals surface area contributed by atoms with E-state index in [9.17, 15) is 0 Å². The Morgan fingerprint density at radius 2 is 1.30 bits per heavy atom. The zero-order valence-electron chi connectivity index (χ0n) is 18.4. The third-order valence-electron chi connectivity index (χ3n) is 6.32. The molecule has 158 valence electrons. The third-order valence-corrected chi connectivity index (χ3v) is 6.32. The van der Waals surface area contributed by atoms with Crippen molar-refractivity contribution >= 4 is 33.2 Å². The van der Waals surface area contributed by atoms with Crippen molar-refractivity contribution in [3.63, 3.8) is 0 Å². The molecule has 0 saturated carbocycles. The van der Waals surface area contributed by atoms with Crippen LogP contribution in [0.4, 0.5) is 11.4 Å². The average molecular weight is 425 g/mol. The third kappa shape index (κ3) is 3.28. The minimum atomic E-state index is 0.848. The molecule has 0 saturated heterocycles. The second-order valence-corrected chi connectivity index (χ2v) is 8.34. The first-order valence-electron chi connectivity index (χ1n) is 11.3. The summed E-state index contributed by atoms with van der Waals surface area (Å²) in [5.41, 5.74) is 8.10. The molecule has 0 radical (unpaired) electrons. The van der Waals surface area contributed by atoms with Gasteiger partial charge in [0.25, 0.3) is 0 Å². The van der Waals surface area contributed by atoms with Crippen LogP contribution in [0, 0.1) is 0 Å². The Hall–Kier alpha value is -4.30. The molecule has 1 aromatic heterocycles.